The van der Waals surface area contributed by atoms with Crippen molar-refractivity contribution in [3.63, 3.8) is 0 Å². The molecule has 0 aromatic heterocycles. The van der Waals surface area contributed by atoms with Crippen molar-refractivity contribution in [3.05, 3.63) is 11.8 Å². The van der Waals surface area contributed by atoms with Crippen molar-refractivity contribution >= 4 is 5.97 Å². The van der Waals surface area contributed by atoms with Gasteiger partial charge in [-0.1, -0.05) is 13.3 Å². The molecule has 0 rings (SSSR count). The van der Waals surface area contributed by atoms with E-state index in [1.54, 1.807) is 0 Å². The number of methoxy groups -OCH3 is 2. The molecule has 0 bridgehead atoms. The molecule has 0 spiro atoms. The fraction of sp³-hybridized carbons (Fsp3) is 0.625. The summed E-state index contributed by atoms with van der Waals surface area (Å²) in [6, 6.07) is 0. The molecule has 0 heterocycles. The maximum Gasteiger partial charge on any atom is 0.336 e. The van der Waals surface area contributed by atoms with E-state index in [0.29, 0.717) is 12.0 Å². The molecule has 0 amide bonds. The Labute approximate surface area is 67.0 Å². The van der Waals surface area contributed by atoms with Gasteiger partial charge in [0.2, 0.25) is 0 Å². The molecule has 0 saturated heterocycles. The monoisotopic (exact) mass is 158 g/mol. The summed E-state index contributed by atoms with van der Waals surface area (Å²) in [4.78, 5) is 10.9. The lowest BCUT2D eigenvalue weighted by atomic mass is 10.2. The van der Waals surface area contributed by atoms with Gasteiger partial charge in [-0.2, -0.15) is 0 Å². The summed E-state index contributed by atoms with van der Waals surface area (Å²) in [5, 5.41) is 0. The molecule has 0 unspecified atom stereocenters. The summed E-state index contributed by atoms with van der Waals surface area (Å²) < 4.78 is 9.25. The molecule has 3 heteroatoms. The van der Waals surface area contributed by atoms with E-state index in [9.17, 15) is 4.79 Å². The van der Waals surface area contributed by atoms with Crippen LogP contribution in [0.5, 0.6) is 0 Å². The van der Waals surface area contributed by atoms with Gasteiger partial charge in [0, 0.05) is 0 Å². The summed E-state index contributed by atoms with van der Waals surface area (Å²) in [5.41, 5.74) is 0.581. The van der Waals surface area contributed by atoms with Crippen LogP contribution < -0.4 is 0 Å². The predicted molar refractivity (Wildman–Crippen MR) is 42.0 cm³/mol. The second kappa shape index (κ2) is 5.77. The average molecular weight is 158 g/mol. The maximum atomic E-state index is 10.9. The zero-order valence-electron chi connectivity index (χ0n) is 7.22. The molecular weight excluding hydrogens is 144 g/mol. The van der Waals surface area contributed by atoms with Crippen LogP contribution in [-0.4, -0.2) is 20.2 Å². The highest BCUT2D eigenvalue weighted by molar-refractivity contribution is 5.87. The highest BCUT2D eigenvalue weighted by Gasteiger charge is 2.07. The van der Waals surface area contributed by atoms with Gasteiger partial charge in [-0.25, -0.2) is 4.79 Å². The molecule has 0 aliphatic heterocycles. The smallest absolute Gasteiger partial charge is 0.336 e. The first-order valence-corrected chi connectivity index (χ1v) is 3.56. The third-order valence-corrected chi connectivity index (χ3v) is 1.23. The highest BCUT2D eigenvalue weighted by atomic mass is 16.5. The summed E-state index contributed by atoms with van der Waals surface area (Å²) in [7, 11) is 2.88. The van der Waals surface area contributed by atoms with Gasteiger partial charge in [0.15, 0.2) is 0 Å². The SMILES string of the molecule is CCCC(=COC)C(=O)OC. The van der Waals surface area contributed by atoms with Crippen LogP contribution in [-0.2, 0) is 14.3 Å². The van der Waals surface area contributed by atoms with Crippen LogP contribution in [0.25, 0.3) is 0 Å². The molecule has 0 aliphatic rings. The Balaban J connectivity index is 4.09. The van der Waals surface area contributed by atoms with Gasteiger partial charge in [-0.15, -0.1) is 0 Å². The van der Waals surface area contributed by atoms with Gasteiger partial charge in [0.1, 0.15) is 0 Å². The second-order valence-corrected chi connectivity index (χ2v) is 2.12. The lowest BCUT2D eigenvalue weighted by Gasteiger charge is -2.01. The second-order valence-electron chi connectivity index (χ2n) is 2.12. The number of hydrogen-bond donors (Lipinski definition) is 0. The lowest BCUT2D eigenvalue weighted by molar-refractivity contribution is -0.136. The van der Waals surface area contributed by atoms with Gasteiger partial charge < -0.3 is 9.47 Å². The van der Waals surface area contributed by atoms with Gasteiger partial charge >= 0.3 is 5.97 Å². The normalized spacial score (nSPS) is 11.0. The van der Waals surface area contributed by atoms with Gasteiger partial charge in [0.05, 0.1) is 26.1 Å². The Bertz CT molecular complexity index is 149. The van der Waals surface area contributed by atoms with E-state index < -0.39 is 0 Å². The van der Waals surface area contributed by atoms with E-state index in [2.05, 4.69) is 4.74 Å². The van der Waals surface area contributed by atoms with Crippen molar-refractivity contribution in [2.75, 3.05) is 14.2 Å². The predicted octanol–water partition coefficient (Wildman–Crippen LogP) is 1.49. The zero-order chi connectivity index (χ0) is 8.69. The highest BCUT2D eigenvalue weighted by Crippen LogP contribution is 2.06. The first-order valence-electron chi connectivity index (χ1n) is 3.56. The largest absolute Gasteiger partial charge is 0.504 e. The molecule has 64 valence electrons. The van der Waals surface area contributed by atoms with Crippen LogP contribution in [0, 0.1) is 0 Å². The van der Waals surface area contributed by atoms with E-state index in [1.807, 2.05) is 6.92 Å². The lowest BCUT2D eigenvalue weighted by Crippen LogP contribution is -2.04. The number of rotatable bonds is 4. The van der Waals surface area contributed by atoms with Crippen LogP contribution in [0.15, 0.2) is 11.8 Å². The molecule has 0 N–H and O–H groups in total. The molecule has 11 heavy (non-hydrogen) atoms. The third-order valence-electron chi connectivity index (χ3n) is 1.23. The standard InChI is InChI=1S/C8H14O3/c1-4-5-7(6-10-2)8(9)11-3/h6H,4-5H2,1-3H3. The van der Waals surface area contributed by atoms with Crippen molar-refractivity contribution in [3.8, 4) is 0 Å². The number of esters is 1. The Morgan fingerprint density at radius 2 is 2.09 bits per heavy atom. The van der Waals surface area contributed by atoms with Crippen LogP contribution in [0.2, 0.25) is 0 Å². The van der Waals surface area contributed by atoms with Crippen molar-refractivity contribution < 1.29 is 14.3 Å². The Hall–Kier alpha value is -0.990. The zero-order valence-corrected chi connectivity index (χ0v) is 7.22. The Morgan fingerprint density at radius 1 is 1.45 bits per heavy atom. The molecular formula is C8H14O3. The van der Waals surface area contributed by atoms with E-state index in [-0.39, 0.29) is 5.97 Å². The Morgan fingerprint density at radius 3 is 2.45 bits per heavy atom. The summed E-state index contributed by atoms with van der Waals surface area (Å²) in [6.45, 7) is 1.99. The van der Waals surface area contributed by atoms with Crippen LogP contribution in [0.1, 0.15) is 19.8 Å². The van der Waals surface area contributed by atoms with Crippen molar-refractivity contribution in [2.45, 2.75) is 19.8 Å². The number of ether oxygens (including phenoxy) is 2. The molecule has 0 saturated carbocycles. The minimum Gasteiger partial charge on any atom is -0.504 e. The fourth-order valence-electron chi connectivity index (χ4n) is 0.752. The topological polar surface area (TPSA) is 35.5 Å². The maximum absolute atomic E-state index is 10.9. The minimum atomic E-state index is -0.311. The first kappa shape index (κ1) is 10.0. The van der Waals surface area contributed by atoms with Crippen molar-refractivity contribution in [1.29, 1.82) is 0 Å². The van der Waals surface area contributed by atoms with Gasteiger partial charge in [0.25, 0.3) is 0 Å². The van der Waals surface area contributed by atoms with Gasteiger partial charge in [-0.05, 0) is 6.42 Å². The average Bonchev–Trinajstić information content (AvgIpc) is 2.03. The molecule has 0 aromatic carbocycles. The van der Waals surface area contributed by atoms with E-state index in [0.717, 1.165) is 6.42 Å². The summed E-state index contributed by atoms with van der Waals surface area (Å²) in [5.74, 6) is -0.311. The number of carbonyl (C=O) groups excluding carboxylic acids is 1. The molecule has 0 atom stereocenters. The number of hydrogen-bond acceptors (Lipinski definition) is 3. The van der Waals surface area contributed by atoms with Crippen LogP contribution in [0.3, 0.4) is 0 Å². The number of carbonyl (C=O) groups is 1. The minimum absolute atomic E-state index is 0.311. The van der Waals surface area contributed by atoms with Crippen molar-refractivity contribution in [1.82, 2.24) is 0 Å². The summed E-state index contributed by atoms with van der Waals surface area (Å²) >= 11 is 0. The summed E-state index contributed by atoms with van der Waals surface area (Å²) in [6.07, 6.45) is 3.03. The molecule has 0 fully saturated rings. The van der Waals surface area contributed by atoms with E-state index in [4.69, 9.17) is 4.74 Å². The first-order chi connectivity index (χ1) is 5.26. The van der Waals surface area contributed by atoms with E-state index in [1.165, 1.54) is 20.5 Å². The molecule has 0 aromatic rings. The van der Waals surface area contributed by atoms with Crippen LogP contribution >= 0.6 is 0 Å². The molecule has 0 aliphatic carbocycles. The van der Waals surface area contributed by atoms with Gasteiger partial charge in [-0.3, -0.25) is 0 Å². The van der Waals surface area contributed by atoms with Crippen LogP contribution in [0.4, 0.5) is 0 Å². The fourth-order valence-corrected chi connectivity index (χ4v) is 0.752. The third kappa shape index (κ3) is 3.65. The van der Waals surface area contributed by atoms with Crippen molar-refractivity contribution in [2.24, 2.45) is 0 Å². The quantitative estimate of drug-likeness (QED) is 0.353. The molecule has 3 nitrogen and oxygen atoms in total. The van der Waals surface area contributed by atoms with E-state index >= 15 is 0 Å². The Kier molecular flexibility index (Phi) is 5.25. The molecule has 0 radical (unpaired) electrons.